The number of aromatic amines is 2. The molecule has 0 saturated heterocycles. The van der Waals surface area contributed by atoms with Gasteiger partial charge in [-0.2, -0.15) is 4.98 Å². The molecular weight excluding hydrogens is 352 g/mol. The van der Waals surface area contributed by atoms with Gasteiger partial charge in [0.25, 0.3) is 0 Å². The van der Waals surface area contributed by atoms with Crippen molar-refractivity contribution < 1.29 is 0 Å². The number of anilines is 4. The molecule has 2 aromatic carbocycles. The lowest BCUT2D eigenvalue weighted by Crippen LogP contribution is -2.25. The van der Waals surface area contributed by atoms with Gasteiger partial charge in [0.15, 0.2) is 0 Å². The third kappa shape index (κ3) is 3.00. The number of fused-ring (bicyclic) bond motifs is 2. The first-order chi connectivity index (χ1) is 13.7. The van der Waals surface area contributed by atoms with E-state index in [1.54, 1.807) is 6.20 Å². The highest BCUT2D eigenvalue weighted by atomic mass is 16.1. The predicted molar refractivity (Wildman–Crippen MR) is 111 cm³/mol. The normalized spacial score (nSPS) is 13.5. The second kappa shape index (κ2) is 6.53. The molecule has 0 radical (unpaired) electrons. The Hall–Kier alpha value is -3.61. The third-order valence-electron chi connectivity index (χ3n) is 5.04. The van der Waals surface area contributed by atoms with Crippen LogP contribution in [0.25, 0.3) is 11.0 Å². The van der Waals surface area contributed by atoms with Crippen LogP contribution in [0.5, 0.6) is 0 Å². The molecule has 4 aromatic rings. The van der Waals surface area contributed by atoms with Crippen molar-refractivity contribution >= 4 is 34.2 Å². The largest absolute Gasteiger partial charge is 0.326 e. The first-order valence-electron chi connectivity index (χ1n) is 9.35. The Labute approximate surface area is 161 Å². The molecule has 0 atom stereocenters. The zero-order valence-corrected chi connectivity index (χ0v) is 15.5. The lowest BCUT2D eigenvalue weighted by molar-refractivity contribution is 0.758. The number of nitrogens with zero attached hydrogens (tertiary/aromatic N) is 3. The molecule has 7 nitrogen and oxygen atoms in total. The van der Waals surface area contributed by atoms with Crippen molar-refractivity contribution in [2.75, 3.05) is 16.8 Å². The van der Waals surface area contributed by atoms with E-state index in [0.29, 0.717) is 5.95 Å². The summed E-state index contributed by atoms with van der Waals surface area (Å²) >= 11 is 0. The van der Waals surface area contributed by atoms with E-state index < -0.39 is 0 Å². The first kappa shape index (κ1) is 16.6. The SMILES string of the molecule is Cc1ccc2c(c1)CCCN2c1ccnc(Nc2ccc3[nH]c(=O)[nH]c3c2)n1. The summed E-state index contributed by atoms with van der Waals surface area (Å²) in [6.45, 7) is 3.06. The van der Waals surface area contributed by atoms with E-state index in [9.17, 15) is 4.79 Å². The fraction of sp³-hybridized carbons (Fsp3) is 0.190. The zero-order chi connectivity index (χ0) is 19.1. The maximum Gasteiger partial charge on any atom is 0.323 e. The Bertz CT molecular complexity index is 1230. The van der Waals surface area contributed by atoms with Gasteiger partial charge in [0, 0.05) is 24.1 Å². The third-order valence-corrected chi connectivity index (χ3v) is 5.04. The Balaban J connectivity index is 1.46. The Morgan fingerprint density at radius 2 is 1.96 bits per heavy atom. The van der Waals surface area contributed by atoms with Crippen molar-refractivity contribution in [3.63, 3.8) is 0 Å². The van der Waals surface area contributed by atoms with E-state index in [1.165, 1.54) is 16.8 Å². The van der Waals surface area contributed by atoms with Crippen LogP contribution in [-0.4, -0.2) is 26.5 Å². The molecule has 1 aliphatic heterocycles. The average Bonchev–Trinajstić information content (AvgIpc) is 3.07. The van der Waals surface area contributed by atoms with Gasteiger partial charge in [-0.1, -0.05) is 17.7 Å². The number of rotatable bonds is 3. The lowest BCUT2D eigenvalue weighted by atomic mass is 9.99. The molecule has 140 valence electrons. The highest BCUT2D eigenvalue weighted by molar-refractivity contribution is 5.79. The van der Waals surface area contributed by atoms with Crippen molar-refractivity contribution in [1.82, 2.24) is 19.9 Å². The number of nitrogens with one attached hydrogen (secondary N) is 3. The number of hydrogen-bond acceptors (Lipinski definition) is 5. The summed E-state index contributed by atoms with van der Waals surface area (Å²) in [7, 11) is 0. The molecule has 28 heavy (non-hydrogen) atoms. The van der Waals surface area contributed by atoms with Gasteiger partial charge in [-0.3, -0.25) is 0 Å². The quantitative estimate of drug-likeness (QED) is 0.509. The summed E-state index contributed by atoms with van der Waals surface area (Å²) < 4.78 is 0. The monoisotopic (exact) mass is 372 g/mol. The molecule has 0 spiro atoms. The fourth-order valence-corrected chi connectivity index (χ4v) is 3.76. The van der Waals surface area contributed by atoms with Crippen molar-refractivity contribution in [2.24, 2.45) is 0 Å². The van der Waals surface area contributed by atoms with Crippen LogP contribution in [-0.2, 0) is 6.42 Å². The summed E-state index contributed by atoms with van der Waals surface area (Å²) in [5.41, 5.74) is 5.97. The van der Waals surface area contributed by atoms with Crippen LogP contribution in [0.2, 0.25) is 0 Å². The molecular formula is C21H20N6O. The Morgan fingerprint density at radius 3 is 2.89 bits per heavy atom. The second-order valence-electron chi connectivity index (χ2n) is 7.09. The van der Waals surface area contributed by atoms with Crippen LogP contribution in [0.15, 0.2) is 53.5 Å². The van der Waals surface area contributed by atoms with E-state index in [2.05, 4.69) is 50.3 Å². The van der Waals surface area contributed by atoms with E-state index in [0.717, 1.165) is 41.9 Å². The minimum absolute atomic E-state index is 0.218. The highest BCUT2D eigenvalue weighted by Crippen LogP contribution is 2.33. The van der Waals surface area contributed by atoms with Gasteiger partial charge >= 0.3 is 5.69 Å². The van der Waals surface area contributed by atoms with Crippen LogP contribution in [0.1, 0.15) is 17.5 Å². The average molecular weight is 372 g/mol. The van der Waals surface area contributed by atoms with E-state index in [4.69, 9.17) is 4.98 Å². The Kier molecular flexibility index (Phi) is 3.86. The molecule has 0 bridgehead atoms. The Morgan fingerprint density at radius 1 is 1.07 bits per heavy atom. The summed E-state index contributed by atoms with van der Waals surface area (Å²) in [5.74, 6) is 1.40. The van der Waals surface area contributed by atoms with Gasteiger partial charge in [0.05, 0.1) is 11.0 Å². The van der Waals surface area contributed by atoms with Gasteiger partial charge in [-0.15, -0.1) is 0 Å². The number of H-pyrrole nitrogens is 2. The minimum Gasteiger partial charge on any atom is -0.326 e. The van der Waals surface area contributed by atoms with Crippen molar-refractivity contribution in [1.29, 1.82) is 0 Å². The van der Waals surface area contributed by atoms with Crippen LogP contribution >= 0.6 is 0 Å². The number of aryl methyl sites for hydroxylation is 2. The molecule has 2 aromatic heterocycles. The maximum absolute atomic E-state index is 11.4. The summed E-state index contributed by atoms with van der Waals surface area (Å²) in [4.78, 5) is 28.3. The molecule has 1 aliphatic rings. The van der Waals surface area contributed by atoms with Crippen LogP contribution < -0.4 is 15.9 Å². The zero-order valence-electron chi connectivity index (χ0n) is 15.5. The van der Waals surface area contributed by atoms with Crippen LogP contribution in [0.3, 0.4) is 0 Å². The van der Waals surface area contributed by atoms with Gasteiger partial charge in [0.1, 0.15) is 5.82 Å². The van der Waals surface area contributed by atoms with E-state index >= 15 is 0 Å². The standard InChI is InChI=1S/C21H20N6O/c1-13-4-7-18-14(11-13)3-2-10-27(18)19-8-9-22-20(26-19)23-15-5-6-16-17(12-15)25-21(28)24-16/h4-9,11-12H,2-3,10H2,1H3,(H,22,23,26)(H2,24,25,28). The summed E-state index contributed by atoms with van der Waals surface area (Å²) in [6.07, 6.45) is 3.96. The number of imidazole rings is 1. The smallest absolute Gasteiger partial charge is 0.323 e. The van der Waals surface area contributed by atoms with Gasteiger partial charge < -0.3 is 20.2 Å². The summed E-state index contributed by atoms with van der Waals surface area (Å²) in [6, 6.07) is 14.1. The summed E-state index contributed by atoms with van der Waals surface area (Å²) in [5, 5.41) is 3.23. The number of benzene rings is 2. The van der Waals surface area contributed by atoms with Gasteiger partial charge in [0.2, 0.25) is 5.95 Å². The molecule has 5 rings (SSSR count). The maximum atomic E-state index is 11.4. The number of aromatic nitrogens is 4. The van der Waals surface area contributed by atoms with Crippen molar-refractivity contribution in [3.05, 3.63) is 70.3 Å². The predicted octanol–water partition coefficient (Wildman–Crippen LogP) is 3.78. The fourth-order valence-electron chi connectivity index (χ4n) is 3.76. The molecule has 3 heterocycles. The molecule has 0 amide bonds. The molecule has 0 aliphatic carbocycles. The molecule has 3 N–H and O–H groups in total. The van der Waals surface area contributed by atoms with Crippen molar-refractivity contribution in [3.8, 4) is 0 Å². The highest BCUT2D eigenvalue weighted by Gasteiger charge is 2.19. The van der Waals surface area contributed by atoms with E-state index in [1.807, 2.05) is 24.3 Å². The molecule has 0 unspecified atom stereocenters. The van der Waals surface area contributed by atoms with Gasteiger partial charge in [-0.05, 0) is 55.7 Å². The first-order valence-corrected chi connectivity index (χ1v) is 9.35. The second-order valence-corrected chi connectivity index (χ2v) is 7.09. The number of hydrogen-bond donors (Lipinski definition) is 3. The minimum atomic E-state index is -0.218. The van der Waals surface area contributed by atoms with Crippen LogP contribution in [0.4, 0.5) is 23.1 Å². The lowest BCUT2D eigenvalue weighted by Gasteiger charge is -2.30. The topological polar surface area (TPSA) is 89.7 Å². The van der Waals surface area contributed by atoms with Crippen molar-refractivity contribution in [2.45, 2.75) is 19.8 Å². The van der Waals surface area contributed by atoms with Gasteiger partial charge in [-0.25, -0.2) is 9.78 Å². The molecule has 0 saturated carbocycles. The molecule has 0 fully saturated rings. The molecule has 7 heteroatoms. The van der Waals surface area contributed by atoms with E-state index in [-0.39, 0.29) is 5.69 Å². The van der Waals surface area contributed by atoms with Crippen LogP contribution in [0, 0.1) is 6.92 Å².